The highest BCUT2D eigenvalue weighted by atomic mass is 16.5. The number of benzene rings is 2. The number of carbonyl (C=O) groups is 2. The number of aromatic amines is 1. The van der Waals surface area contributed by atoms with E-state index in [0.29, 0.717) is 12.2 Å². The molecule has 0 bridgehead atoms. The topological polar surface area (TPSA) is 85.9 Å². The summed E-state index contributed by atoms with van der Waals surface area (Å²) in [7, 11) is 1.61. The third-order valence-corrected chi connectivity index (χ3v) is 6.15. The van der Waals surface area contributed by atoms with Gasteiger partial charge in [0.15, 0.2) is 0 Å². The lowest BCUT2D eigenvalue weighted by molar-refractivity contribution is -0.159. The van der Waals surface area contributed by atoms with E-state index < -0.39 is 12.1 Å². The van der Waals surface area contributed by atoms with Crippen LogP contribution in [0.15, 0.2) is 48.5 Å². The number of fused-ring (bicyclic) bond motifs is 4. The molecule has 2 unspecified atom stereocenters. The minimum absolute atomic E-state index is 0.0307. The maximum Gasteiger partial charge on any atom is 0.246 e. The van der Waals surface area contributed by atoms with Crippen LogP contribution in [0.25, 0.3) is 10.9 Å². The number of aliphatic hydroxyl groups is 1. The van der Waals surface area contributed by atoms with E-state index in [2.05, 4.69) is 4.98 Å². The van der Waals surface area contributed by atoms with Gasteiger partial charge in [-0.2, -0.15) is 0 Å². The van der Waals surface area contributed by atoms with Gasteiger partial charge in [-0.25, -0.2) is 0 Å². The van der Waals surface area contributed by atoms with Crippen LogP contribution < -0.4 is 4.74 Å². The van der Waals surface area contributed by atoms with Crippen LogP contribution >= 0.6 is 0 Å². The Morgan fingerprint density at radius 2 is 1.90 bits per heavy atom. The van der Waals surface area contributed by atoms with Gasteiger partial charge in [0, 0.05) is 35.1 Å². The number of ether oxygens (including phenoxy) is 1. The third kappa shape index (κ3) is 2.69. The van der Waals surface area contributed by atoms with E-state index in [4.69, 9.17) is 4.74 Å². The number of rotatable bonds is 4. The van der Waals surface area contributed by atoms with Gasteiger partial charge < -0.3 is 24.6 Å². The van der Waals surface area contributed by atoms with Crippen molar-refractivity contribution >= 4 is 22.7 Å². The molecule has 0 spiro atoms. The second-order valence-electron chi connectivity index (χ2n) is 7.71. The molecule has 2 aromatic carbocycles. The van der Waals surface area contributed by atoms with Gasteiger partial charge in [0.2, 0.25) is 11.8 Å². The van der Waals surface area contributed by atoms with Crippen LogP contribution in [0.5, 0.6) is 5.75 Å². The van der Waals surface area contributed by atoms with Crippen molar-refractivity contribution in [3.8, 4) is 5.75 Å². The van der Waals surface area contributed by atoms with E-state index in [1.165, 1.54) is 4.90 Å². The Morgan fingerprint density at radius 3 is 2.70 bits per heavy atom. The second kappa shape index (κ2) is 7.18. The molecule has 3 heterocycles. The summed E-state index contributed by atoms with van der Waals surface area (Å²) in [6, 6.07) is 14.6. The number of hydrogen-bond donors (Lipinski definition) is 2. The molecule has 0 saturated carbocycles. The van der Waals surface area contributed by atoms with E-state index in [0.717, 1.165) is 27.7 Å². The van der Waals surface area contributed by atoms with Gasteiger partial charge in [0.1, 0.15) is 17.8 Å². The first-order chi connectivity index (χ1) is 14.6. The fraction of sp³-hybridized carbons (Fsp3) is 0.304. The van der Waals surface area contributed by atoms with Gasteiger partial charge in [-0.05, 0) is 17.7 Å². The molecule has 3 aromatic rings. The molecule has 0 aliphatic carbocycles. The Balaban J connectivity index is 1.73. The molecule has 2 N–H and O–H groups in total. The number of H-pyrrole nitrogens is 1. The molecule has 1 fully saturated rings. The first kappa shape index (κ1) is 18.7. The van der Waals surface area contributed by atoms with Crippen molar-refractivity contribution in [1.29, 1.82) is 0 Å². The molecule has 7 nitrogen and oxygen atoms in total. The van der Waals surface area contributed by atoms with Gasteiger partial charge in [0.05, 0.1) is 20.3 Å². The number of hydrogen-bond acceptors (Lipinski definition) is 4. The summed E-state index contributed by atoms with van der Waals surface area (Å²) in [6.45, 7) is -0.0356. The molecular formula is C23H23N3O4. The van der Waals surface area contributed by atoms with Crippen molar-refractivity contribution in [2.45, 2.75) is 18.5 Å². The van der Waals surface area contributed by atoms with Crippen molar-refractivity contribution in [2.75, 3.05) is 26.8 Å². The molecule has 0 radical (unpaired) electrons. The van der Waals surface area contributed by atoms with Crippen LogP contribution in [0.4, 0.5) is 0 Å². The fourth-order valence-corrected chi connectivity index (χ4v) is 4.85. The number of piperazine rings is 1. The molecule has 30 heavy (non-hydrogen) atoms. The van der Waals surface area contributed by atoms with Crippen LogP contribution in [0.1, 0.15) is 22.9 Å². The maximum atomic E-state index is 13.3. The summed E-state index contributed by atoms with van der Waals surface area (Å²) < 4.78 is 5.61. The normalized spacial score (nSPS) is 21.0. The van der Waals surface area contributed by atoms with E-state index >= 15 is 0 Å². The molecule has 2 amide bonds. The Bertz CT molecular complexity index is 1140. The van der Waals surface area contributed by atoms with Crippen LogP contribution in [0.3, 0.4) is 0 Å². The van der Waals surface area contributed by atoms with Crippen LogP contribution in [-0.4, -0.2) is 64.6 Å². The first-order valence-electron chi connectivity index (χ1n) is 10.1. The van der Waals surface area contributed by atoms with Gasteiger partial charge in [-0.3, -0.25) is 9.59 Å². The van der Waals surface area contributed by atoms with Crippen LogP contribution in [0.2, 0.25) is 0 Å². The highest BCUT2D eigenvalue weighted by Gasteiger charge is 2.48. The Morgan fingerprint density at radius 1 is 1.13 bits per heavy atom. The van der Waals surface area contributed by atoms with Crippen LogP contribution in [-0.2, 0) is 16.0 Å². The number of methoxy groups -OCH3 is 1. The molecule has 1 saturated heterocycles. The Hall–Kier alpha value is -3.32. The van der Waals surface area contributed by atoms with E-state index in [1.54, 1.807) is 12.0 Å². The molecule has 2 aliphatic rings. The largest absolute Gasteiger partial charge is 0.496 e. The number of aromatic nitrogens is 1. The predicted octanol–water partition coefficient (Wildman–Crippen LogP) is 1.85. The van der Waals surface area contributed by atoms with Gasteiger partial charge in [-0.1, -0.05) is 36.4 Å². The zero-order valence-electron chi connectivity index (χ0n) is 16.7. The second-order valence-corrected chi connectivity index (χ2v) is 7.71. The average Bonchev–Trinajstić information content (AvgIpc) is 3.14. The molecule has 2 aliphatic heterocycles. The summed E-state index contributed by atoms with van der Waals surface area (Å²) >= 11 is 0. The van der Waals surface area contributed by atoms with Crippen molar-refractivity contribution < 1.29 is 19.4 Å². The summed E-state index contributed by atoms with van der Waals surface area (Å²) in [5, 5.41) is 10.4. The highest BCUT2D eigenvalue weighted by Crippen LogP contribution is 2.44. The van der Waals surface area contributed by atoms with Gasteiger partial charge in [0.25, 0.3) is 0 Å². The summed E-state index contributed by atoms with van der Waals surface area (Å²) in [4.78, 5) is 33.2. The summed E-state index contributed by atoms with van der Waals surface area (Å²) in [5.74, 6) is 0.415. The third-order valence-electron chi connectivity index (χ3n) is 6.15. The van der Waals surface area contributed by atoms with Gasteiger partial charge in [-0.15, -0.1) is 0 Å². The summed E-state index contributed by atoms with van der Waals surface area (Å²) in [6.07, 6.45) is 0.442. The maximum absolute atomic E-state index is 13.3. The zero-order valence-corrected chi connectivity index (χ0v) is 16.7. The lowest BCUT2D eigenvalue weighted by atomic mass is 9.86. The van der Waals surface area contributed by atoms with Crippen molar-refractivity contribution in [2.24, 2.45) is 0 Å². The van der Waals surface area contributed by atoms with Crippen molar-refractivity contribution in [3.05, 3.63) is 65.4 Å². The molecule has 1 aromatic heterocycles. The molecule has 154 valence electrons. The minimum Gasteiger partial charge on any atom is -0.496 e. The highest BCUT2D eigenvalue weighted by molar-refractivity contribution is 5.97. The lowest BCUT2D eigenvalue weighted by Crippen LogP contribution is -2.63. The average molecular weight is 405 g/mol. The van der Waals surface area contributed by atoms with E-state index in [-0.39, 0.29) is 31.5 Å². The SMILES string of the molecule is COc1ccccc1C1c2[nH]c3ccccc3c2CC2C(=O)N(CCO)CC(=O)N21. The molecule has 7 heteroatoms. The van der Waals surface area contributed by atoms with Crippen LogP contribution in [0, 0.1) is 0 Å². The first-order valence-corrected chi connectivity index (χ1v) is 10.1. The predicted molar refractivity (Wildman–Crippen MR) is 111 cm³/mol. The van der Waals surface area contributed by atoms with Crippen molar-refractivity contribution in [1.82, 2.24) is 14.8 Å². The fourth-order valence-electron chi connectivity index (χ4n) is 4.85. The van der Waals surface area contributed by atoms with E-state index in [9.17, 15) is 14.7 Å². The standard InChI is InChI=1S/C23H23N3O4/c1-30-19-9-5-3-7-15(19)22-21-16(14-6-2-4-8-17(14)24-21)12-18-23(29)25(10-11-27)13-20(28)26(18)22/h2-9,18,22,24,27H,10-13H2,1H3. The molecular weight excluding hydrogens is 382 g/mol. The lowest BCUT2D eigenvalue weighted by Gasteiger charge is -2.47. The number of carbonyl (C=O) groups excluding carboxylic acids is 2. The molecule has 2 atom stereocenters. The number of para-hydroxylation sites is 2. The van der Waals surface area contributed by atoms with Crippen molar-refractivity contribution in [3.63, 3.8) is 0 Å². The van der Waals surface area contributed by atoms with E-state index in [1.807, 2.05) is 48.5 Å². The summed E-state index contributed by atoms with van der Waals surface area (Å²) in [5.41, 5.74) is 3.80. The monoisotopic (exact) mass is 405 g/mol. The number of aliphatic hydroxyl groups excluding tert-OH is 1. The smallest absolute Gasteiger partial charge is 0.246 e. The van der Waals surface area contributed by atoms with Gasteiger partial charge >= 0.3 is 0 Å². The number of nitrogens with zero attached hydrogens (tertiary/aromatic N) is 2. The Labute approximate surface area is 173 Å². The number of nitrogens with one attached hydrogen (secondary N) is 1. The number of amides is 2. The zero-order chi connectivity index (χ0) is 20.8. The number of β-amino-alcohol motifs (C(OH)–C–C–N with tert-alkyl or cyclic N) is 1. The quantitative estimate of drug-likeness (QED) is 0.694. The molecule has 5 rings (SSSR count). The minimum atomic E-state index is -0.612. The Kier molecular flexibility index (Phi) is 4.47.